The Morgan fingerprint density at radius 1 is 1.44 bits per heavy atom. The van der Waals surface area contributed by atoms with E-state index in [2.05, 4.69) is 24.1 Å². The molecule has 2 unspecified atom stereocenters. The lowest BCUT2D eigenvalue weighted by molar-refractivity contribution is 0.113. The molecular weight excluding hydrogens is 200 g/mol. The Labute approximate surface area is 99.5 Å². The van der Waals surface area contributed by atoms with Crippen LogP contribution in [0.4, 0.5) is 0 Å². The monoisotopic (exact) mass is 226 g/mol. The summed E-state index contributed by atoms with van der Waals surface area (Å²) in [6.07, 6.45) is 2.60. The Kier molecular flexibility index (Phi) is 4.62. The van der Waals surface area contributed by atoms with E-state index < -0.39 is 0 Å². The number of rotatable bonds is 4. The summed E-state index contributed by atoms with van der Waals surface area (Å²) in [6, 6.07) is 0.732. The van der Waals surface area contributed by atoms with Gasteiger partial charge in [0.1, 0.15) is 0 Å². The second-order valence-electron chi connectivity index (χ2n) is 5.57. The molecule has 0 spiro atoms. The largest absolute Gasteiger partial charge is 0.381 e. The lowest BCUT2D eigenvalue weighted by atomic mass is 9.98. The van der Waals surface area contributed by atoms with Gasteiger partial charge in [-0.1, -0.05) is 13.8 Å². The summed E-state index contributed by atoms with van der Waals surface area (Å²) in [5.74, 6) is 1.58. The van der Waals surface area contributed by atoms with Gasteiger partial charge in [0.25, 0.3) is 0 Å². The van der Waals surface area contributed by atoms with Crippen LogP contribution >= 0.6 is 0 Å². The van der Waals surface area contributed by atoms with Gasteiger partial charge in [-0.25, -0.2) is 0 Å². The zero-order chi connectivity index (χ0) is 11.4. The molecule has 2 saturated heterocycles. The van der Waals surface area contributed by atoms with E-state index in [9.17, 15) is 0 Å². The predicted molar refractivity (Wildman–Crippen MR) is 66.6 cm³/mol. The van der Waals surface area contributed by atoms with Crippen LogP contribution in [0, 0.1) is 11.8 Å². The fourth-order valence-electron chi connectivity index (χ4n) is 2.86. The van der Waals surface area contributed by atoms with Crippen LogP contribution in [-0.4, -0.2) is 50.3 Å². The summed E-state index contributed by atoms with van der Waals surface area (Å²) in [5, 5.41) is 3.51. The van der Waals surface area contributed by atoms with Crippen LogP contribution in [0.2, 0.25) is 0 Å². The molecule has 2 aliphatic heterocycles. The van der Waals surface area contributed by atoms with Gasteiger partial charge in [0, 0.05) is 38.9 Å². The van der Waals surface area contributed by atoms with Gasteiger partial charge in [0.2, 0.25) is 0 Å². The summed E-state index contributed by atoms with van der Waals surface area (Å²) >= 11 is 0. The first kappa shape index (κ1) is 12.3. The Morgan fingerprint density at radius 2 is 2.31 bits per heavy atom. The van der Waals surface area contributed by atoms with E-state index in [1.54, 1.807) is 0 Å². The molecular formula is C13H26N2O. The van der Waals surface area contributed by atoms with Crippen molar-refractivity contribution < 1.29 is 4.74 Å². The maximum absolute atomic E-state index is 5.44. The van der Waals surface area contributed by atoms with Gasteiger partial charge in [-0.2, -0.15) is 0 Å². The third kappa shape index (κ3) is 3.19. The number of nitrogens with zero attached hydrogens (tertiary/aromatic N) is 1. The Bertz CT molecular complexity index is 202. The SMILES string of the molecule is CC(C)C1CNCCN1CCC1CCOC1. The fourth-order valence-corrected chi connectivity index (χ4v) is 2.86. The summed E-state index contributed by atoms with van der Waals surface area (Å²) in [6.45, 7) is 11.5. The topological polar surface area (TPSA) is 24.5 Å². The number of ether oxygens (including phenoxy) is 1. The highest BCUT2D eigenvalue weighted by molar-refractivity contribution is 4.82. The van der Waals surface area contributed by atoms with Crippen molar-refractivity contribution in [3.05, 3.63) is 0 Å². The van der Waals surface area contributed by atoms with Crippen molar-refractivity contribution >= 4 is 0 Å². The number of nitrogens with one attached hydrogen (secondary N) is 1. The predicted octanol–water partition coefficient (Wildman–Crippen LogP) is 1.34. The van der Waals surface area contributed by atoms with Crippen molar-refractivity contribution in [1.29, 1.82) is 0 Å². The normalized spacial score (nSPS) is 32.4. The van der Waals surface area contributed by atoms with Crippen LogP contribution in [0.3, 0.4) is 0 Å². The Hall–Kier alpha value is -0.120. The fraction of sp³-hybridized carbons (Fsp3) is 1.00. The highest BCUT2D eigenvalue weighted by Crippen LogP contribution is 2.19. The molecule has 2 fully saturated rings. The molecule has 2 atom stereocenters. The van der Waals surface area contributed by atoms with Gasteiger partial charge in [-0.3, -0.25) is 4.90 Å². The maximum atomic E-state index is 5.44. The summed E-state index contributed by atoms with van der Waals surface area (Å²) in [5.41, 5.74) is 0. The smallest absolute Gasteiger partial charge is 0.0495 e. The molecule has 3 nitrogen and oxygen atoms in total. The average molecular weight is 226 g/mol. The van der Waals surface area contributed by atoms with E-state index in [0.717, 1.165) is 37.6 Å². The van der Waals surface area contributed by atoms with Crippen LogP contribution < -0.4 is 5.32 Å². The average Bonchev–Trinajstić information content (AvgIpc) is 2.79. The molecule has 0 aromatic rings. The first-order valence-corrected chi connectivity index (χ1v) is 6.80. The second-order valence-corrected chi connectivity index (χ2v) is 5.57. The first-order chi connectivity index (χ1) is 7.77. The quantitative estimate of drug-likeness (QED) is 0.783. The molecule has 0 bridgehead atoms. The summed E-state index contributed by atoms with van der Waals surface area (Å²) in [4.78, 5) is 2.68. The molecule has 2 rings (SSSR count). The van der Waals surface area contributed by atoms with Gasteiger partial charge in [-0.15, -0.1) is 0 Å². The van der Waals surface area contributed by atoms with Gasteiger partial charge in [-0.05, 0) is 31.2 Å². The number of hydrogen-bond donors (Lipinski definition) is 1. The van der Waals surface area contributed by atoms with E-state index in [0.29, 0.717) is 0 Å². The lowest BCUT2D eigenvalue weighted by Crippen LogP contribution is -2.53. The van der Waals surface area contributed by atoms with Crippen LogP contribution in [0.25, 0.3) is 0 Å². The molecule has 3 heteroatoms. The van der Waals surface area contributed by atoms with Crippen molar-refractivity contribution in [3.63, 3.8) is 0 Å². The van der Waals surface area contributed by atoms with Crippen molar-refractivity contribution in [1.82, 2.24) is 10.2 Å². The van der Waals surface area contributed by atoms with Crippen LogP contribution in [0.5, 0.6) is 0 Å². The molecule has 1 N–H and O–H groups in total. The van der Waals surface area contributed by atoms with Crippen molar-refractivity contribution in [3.8, 4) is 0 Å². The molecule has 0 aliphatic carbocycles. The summed E-state index contributed by atoms with van der Waals surface area (Å²) < 4.78 is 5.44. The molecule has 0 saturated carbocycles. The standard InChI is InChI=1S/C13H26N2O/c1-11(2)13-9-14-5-7-15(13)6-3-12-4-8-16-10-12/h11-14H,3-10H2,1-2H3. The highest BCUT2D eigenvalue weighted by Gasteiger charge is 2.25. The van der Waals surface area contributed by atoms with E-state index in [4.69, 9.17) is 4.74 Å². The van der Waals surface area contributed by atoms with Crippen molar-refractivity contribution in [2.45, 2.75) is 32.7 Å². The zero-order valence-electron chi connectivity index (χ0n) is 10.7. The highest BCUT2D eigenvalue weighted by atomic mass is 16.5. The van der Waals surface area contributed by atoms with E-state index in [-0.39, 0.29) is 0 Å². The Balaban J connectivity index is 1.76. The van der Waals surface area contributed by atoms with Gasteiger partial charge in [0.15, 0.2) is 0 Å². The lowest BCUT2D eigenvalue weighted by Gasteiger charge is -2.39. The van der Waals surface area contributed by atoms with Crippen molar-refractivity contribution in [2.75, 3.05) is 39.4 Å². The zero-order valence-corrected chi connectivity index (χ0v) is 10.7. The molecule has 94 valence electrons. The molecule has 2 aliphatic rings. The first-order valence-electron chi connectivity index (χ1n) is 6.80. The molecule has 0 amide bonds. The van der Waals surface area contributed by atoms with Crippen LogP contribution in [0.1, 0.15) is 26.7 Å². The molecule has 0 radical (unpaired) electrons. The van der Waals surface area contributed by atoms with Gasteiger partial charge < -0.3 is 10.1 Å². The molecule has 2 heterocycles. The minimum Gasteiger partial charge on any atom is -0.381 e. The van der Waals surface area contributed by atoms with Crippen LogP contribution in [-0.2, 0) is 4.74 Å². The molecule has 0 aromatic heterocycles. The van der Waals surface area contributed by atoms with Crippen molar-refractivity contribution in [2.24, 2.45) is 11.8 Å². The number of hydrogen-bond acceptors (Lipinski definition) is 3. The minimum absolute atomic E-state index is 0.732. The van der Waals surface area contributed by atoms with E-state index in [1.165, 1.54) is 32.5 Å². The van der Waals surface area contributed by atoms with Gasteiger partial charge in [0.05, 0.1) is 0 Å². The van der Waals surface area contributed by atoms with E-state index in [1.807, 2.05) is 0 Å². The summed E-state index contributed by atoms with van der Waals surface area (Å²) in [7, 11) is 0. The second kappa shape index (κ2) is 5.99. The minimum atomic E-state index is 0.732. The van der Waals surface area contributed by atoms with Gasteiger partial charge >= 0.3 is 0 Å². The molecule has 0 aromatic carbocycles. The maximum Gasteiger partial charge on any atom is 0.0495 e. The number of piperazine rings is 1. The third-order valence-corrected chi connectivity index (χ3v) is 4.02. The Morgan fingerprint density at radius 3 is 3.00 bits per heavy atom. The van der Waals surface area contributed by atoms with Crippen LogP contribution in [0.15, 0.2) is 0 Å². The van der Waals surface area contributed by atoms with E-state index >= 15 is 0 Å². The third-order valence-electron chi connectivity index (χ3n) is 4.02. The molecule has 16 heavy (non-hydrogen) atoms.